The van der Waals surface area contributed by atoms with Crippen LogP contribution in [0.25, 0.3) is 16.8 Å². The smallest absolute Gasteiger partial charge is 0.249 e. The normalized spacial score (nSPS) is 11.2. The van der Waals surface area contributed by atoms with Gasteiger partial charge in [0.05, 0.1) is 12.0 Å². The largest absolute Gasteiger partial charge is 0.328 e. The first-order chi connectivity index (χ1) is 12.5. The second kappa shape index (κ2) is 6.10. The van der Waals surface area contributed by atoms with Gasteiger partial charge in [-0.15, -0.1) is 5.10 Å². The number of rotatable bonds is 4. The highest BCUT2D eigenvalue weighted by Gasteiger charge is 2.14. The number of aryl methyl sites for hydroxylation is 2. The second-order valence-electron chi connectivity index (χ2n) is 6.11. The summed E-state index contributed by atoms with van der Waals surface area (Å²) < 4.78 is 5.20. The lowest BCUT2D eigenvalue weighted by Crippen LogP contribution is -2.18. The zero-order valence-electron chi connectivity index (χ0n) is 14.7. The molecule has 9 heteroatoms. The van der Waals surface area contributed by atoms with Gasteiger partial charge in [-0.3, -0.25) is 14.8 Å². The molecule has 0 saturated carbocycles. The van der Waals surface area contributed by atoms with Crippen LogP contribution in [-0.2, 0) is 18.4 Å². The number of anilines is 1. The summed E-state index contributed by atoms with van der Waals surface area (Å²) in [4.78, 5) is 20.3. The van der Waals surface area contributed by atoms with E-state index < -0.39 is 0 Å². The van der Waals surface area contributed by atoms with Crippen molar-refractivity contribution in [3.63, 3.8) is 0 Å². The molecule has 9 nitrogen and oxygen atoms in total. The quantitative estimate of drug-likeness (QED) is 0.603. The number of carbonyl (C=O) groups is 1. The third-order valence-corrected chi connectivity index (χ3v) is 4.27. The van der Waals surface area contributed by atoms with Crippen molar-refractivity contribution >= 4 is 17.5 Å². The van der Waals surface area contributed by atoms with Crippen LogP contribution in [0.15, 0.2) is 37.1 Å². The van der Waals surface area contributed by atoms with E-state index in [4.69, 9.17) is 0 Å². The minimum absolute atomic E-state index is 0.162. The third-order valence-electron chi connectivity index (χ3n) is 4.27. The van der Waals surface area contributed by atoms with Crippen LogP contribution in [0.5, 0.6) is 0 Å². The molecule has 0 spiro atoms. The van der Waals surface area contributed by atoms with Gasteiger partial charge in [-0.25, -0.2) is 9.50 Å². The van der Waals surface area contributed by atoms with Crippen molar-refractivity contribution < 1.29 is 4.79 Å². The van der Waals surface area contributed by atoms with E-state index in [9.17, 15) is 4.79 Å². The van der Waals surface area contributed by atoms with Gasteiger partial charge in [0.15, 0.2) is 5.65 Å². The molecule has 0 atom stereocenters. The summed E-state index contributed by atoms with van der Waals surface area (Å²) in [6.07, 6.45) is 6.83. The highest BCUT2D eigenvalue weighted by Crippen LogP contribution is 2.26. The van der Waals surface area contributed by atoms with Crippen LogP contribution in [0.4, 0.5) is 5.95 Å². The minimum Gasteiger partial charge on any atom is -0.328 e. The number of carbonyl (C=O) groups excluding carboxylic acids is 1. The Labute approximate surface area is 149 Å². The summed E-state index contributed by atoms with van der Waals surface area (Å²) in [5.41, 5.74) is 4.78. The fourth-order valence-electron chi connectivity index (χ4n) is 2.99. The number of hydrogen-bond donors (Lipinski definition) is 1. The molecule has 1 N–H and O–H groups in total. The lowest BCUT2D eigenvalue weighted by Gasteiger charge is -2.02. The maximum atomic E-state index is 12.1. The van der Waals surface area contributed by atoms with E-state index >= 15 is 0 Å². The highest BCUT2D eigenvalue weighted by molar-refractivity contribution is 5.89. The zero-order valence-corrected chi connectivity index (χ0v) is 14.7. The van der Waals surface area contributed by atoms with Gasteiger partial charge in [-0.05, 0) is 26.0 Å². The monoisotopic (exact) mass is 350 g/mol. The summed E-state index contributed by atoms with van der Waals surface area (Å²) in [6.45, 7) is 4.17. The number of imidazole rings is 1. The molecule has 0 bridgehead atoms. The standard InChI is InChI=1S/C17H18N8O/c1-11-16(12(2)23(3)21-11)13-4-5-14-19-17(22-25(14)8-13)20-15(26)9-24-7-6-18-10-24/h4-8,10H,9H2,1-3H3,(H,20,22,26). The predicted molar refractivity (Wildman–Crippen MR) is 95.5 cm³/mol. The number of amides is 1. The van der Waals surface area contributed by atoms with E-state index in [-0.39, 0.29) is 18.4 Å². The summed E-state index contributed by atoms with van der Waals surface area (Å²) >= 11 is 0. The second-order valence-corrected chi connectivity index (χ2v) is 6.11. The first-order valence-electron chi connectivity index (χ1n) is 8.14. The summed E-state index contributed by atoms with van der Waals surface area (Å²) in [6, 6.07) is 3.86. The SMILES string of the molecule is Cc1nn(C)c(C)c1-c1ccc2nc(NC(=O)Cn3ccnc3)nn2c1. The van der Waals surface area contributed by atoms with E-state index in [1.165, 1.54) is 0 Å². The number of nitrogens with zero attached hydrogens (tertiary/aromatic N) is 7. The third kappa shape index (κ3) is 2.83. The fourth-order valence-corrected chi connectivity index (χ4v) is 2.99. The average Bonchev–Trinajstić information content (AvgIpc) is 3.28. The van der Waals surface area contributed by atoms with Crippen LogP contribution in [0, 0.1) is 13.8 Å². The molecule has 0 aliphatic rings. The van der Waals surface area contributed by atoms with E-state index in [0.717, 1.165) is 22.5 Å². The van der Waals surface area contributed by atoms with Gasteiger partial charge in [-0.1, -0.05) is 0 Å². The highest BCUT2D eigenvalue weighted by atomic mass is 16.2. The number of fused-ring (bicyclic) bond motifs is 1. The van der Waals surface area contributed by atoms with Gasteiger partial charge in [0.1, 0.15) is 6.54 Å². The number of nitrogens with one attached hydrogen (secondary N) is 1. The molecule has 0 saturated heterocycles. The lowest BCUT2D eigenvalue weighted by molar-refractivity contribution is -0.116. The minimum atomic E-state index is -0.210. The summed E-state index contributed by atoms with van der Waals surface area (Å²) in [7, 11) is 1.92. The van der Waals surface area contributed by atoms with E-state index in [0.29, 0.717) is 5.65 Å². The van der Waals surface area contributed by atoms with Gasteiger partial charge >= 0.3 is 0 Å². The zero-order chi connectivity index (χ0) is 18.3. The molecule has 0 aliphatic carbocycles. The Morgan fingerprint density at radius 3 is 2.77 bits per heavy atom. The number of aromatic nitrogens is 7. The van der Waals surface area contributed by atoms with Gasteiger partial charge in [0, 0.05) is 42.5 Å². The van der Waals surface area contributed by atoms with E-state index in [1.807, 2.05) is 43.9 Å². The Balaban J connectivity index is 1.60. The molecule has 4 rings (SSSR count). The van der Waals surface area contributed by atoms with E-state index in [1.54, 1.807) is 27.8 Å². The molecule has 0 fully saturated rings. The van der Waals surface area contributed by atoms with Crippen molar-refractivity contribution in [2.24, 2.45) is 7.05 Å². The molecule has 0 aromatic carbocycles. The van der Waals surface area contributed by atoms with E-state index in [2.05, 4.69) is 25.5 Å². The summed E-state index contributed by atoms with van der Waals surface area (Å²) in [5.74, 6) is 0.0602. The van der Waals surface area contributed by atoms with Gasteiger partial charge < -0.3 is 4.57 Å². The van der Waals surface area contributed by atoms with Crippen molar-refractivity contribution in [1.82, 2.24) is 33.9 Å². The fraction of sp³-hybridized carbons (Fsp3) is 0.235. The van der Waals surface area contributed by atoms with Crippen LogP contribution in [0.2, 0.25) is 0 Å². The maximum absolute atomic E-state index is 12.1. The average molecular weight is 350 g/mol. The van der Waals surface area contributed by atoms with Crippen molar-refractivity contribution in [1.29, 1.82) is 0 Å². The van der Waals surface area contributed by atoms with Crippen LogP contribution in [-0.4, -0.2) is 39.8 Å². The van der Waals surface area contributed by atoms with Crippen molar-refractivity contribution in [2.45, 2.75) is 20.4 Å². The van der Waals surface area contributed by atoms with Gasteiger partial charge in [0.2, 0.25) is 11.9 Å². The van der Waals surface area contributed by atoms with Crippen LogP contribution in [0.1, 0.15) is 11.4 Å². The van der Waals surface area contributed by atoms with Crippen molar-refractivity contribution in [3.8, 4) is 11.1 Å². The van der Waals surface area contributed by atoms with Crippen LogP contribution in [0.3, 0.4) is 0 Å². The van der Waals surface area contributed by atoms with Gasteiger partial charge in [0.25, 0.3) is 0 Å². The van der Waals surface area contributed by atoms with Crippen molar-refractivity contribution in [2.75, 3.05) is 5.32 Å². The lowest BCUT2D eigenvalue weighted by atomic mass is 10.1. The van der Waals surface area contributed by atoms with Crippen LogP contribution < -0.4 is 5.32 Å². The Morgan fingerprint density at radius 2 is 2.08 bits per heavy atom. The topological polar surface area (TPSA) is 94.9 Å². The molecule has 0 radical (unpaired) electrons. The molecule has 4 aromatic rings. The van der Waals surface area contributed by atoms with Crippen molar-refractivity contribution in [3.05, 3.63) is 48.4 Å². The first-order valence-corrected chi connectivity index (χ1v) is 8.14. The Bertz CT molecular complexity index is 1090. The Morgan fingerprint density at radius 1 is 1.23 bits per heavy atom. The predicted octanol–water partition coefficient (Wildman–Crippen LogP) is 1.58. The molecule has 132 valence electrons. The molecular weight excluding hydrogens is 332 g/mol. The Hall–Kier alpha value is -3.49. The number of pyridine rings is 1. The molecule has 4 heterocycles. The number of hydrogen-bond acceptors (Lipinski definition) is 5. The molecule has 0 unspecified atom stereocenters. The maximum Gasteiger partial charge on any atom is 0.249 e. The molecule has 0 aliphatic heterocycles. The first kappa shape index (κ1) is 16.0. The van der Waals surface area contributed by atoms with Gasteiger partial charge in [-0.2, -0.15) is 10.1 Å². The molecule has 26 heavy (non-hydrogen) atoms. The Kier molecular flexibility index (Phi) is 3.76. The molecule has 4 aromatic heterocycles. The molecule has 1 amide bonds. The summed E-state index contributed by atoms with van der Waals surface area (Å²) in [5, 5.41) is 11.5. The molecular formula is C17H18N8O. The van der Waals surface area contributed by atoms with Crippen LogP contribution >= 0.6 is 0 Å².